The first-order valence-corrected chi connectivity index (χ1v) is 15.1. The molecule has 212 valence electrons. The zero-order valence-corrected chi connectivity index (χ0v) is 23.9. The summed E-state index contributed by atoms with van der Waals surface area (Å²) in [6.07, 6.45) is 5.94. The van der Waals surface area contributed by atoms with E-state index < -0.39 is 17.3 Å². The number of amides is 1. The number of benzene rings is 2. The van der Waals surface area contributed by atoms with Crippen LogP contribution in [0.3, 0.4) is 0 Å². The molecule has 3 aliphatic carbocycles. The lowest BCUT2D eigenvalue weighted by Gasteiger charge is -2.72. The van der Waals surface area contributed by atoms with Gasteiger partial charge in [0.05, 0.1) is 18.1 Å². The van der Waals surface area contributed by atoms with Gasteiger partial charge in [0.15, 0.2) is 17.6 Å². The maximum absolute atomic E-state index is 14.3. The molecule has 0 aromatic heterocycles. The molecule has 3 saturated heterocycles. The van der Waals surface area contributed by atoms with E-state index in [1.165, 1.54) is 29.5 Å². The van der Waals surface area contributed by atoms with E-state index in [1.807, 2.05) is 30.1 Å². The topological polar surface area (TPSA) is 60.5 Å². The fourth-order valence-corrected chi connectivity index (χ4v) is 9.28. The van der Waals surface area contributed by atoms with Gasteiger partial charge in [0.2, 0.25) is 0 Å². The monoisotopic (exact) mass is 544 g/mol. The summed E-state index contributed by atoms with van der Waals surface area (Å²) in [6, 6.07) is 14.9. The maximum atomic E-state index is 14.3. The fraction of sp³-hybridized carbons (Fsp3) is 0.606. The van der Waals surface area contributed by atoms with Gasteiger partial charge in [-0.1, -0.05) is 36.4 Å². The Bertz CT molecular complexity index is 1350. The molecule has 40 heavy (non-hydrogen) atoms. The van der Waals surface area contributed by atoms with E-state index in [0.717, 1.165) is 62.6 Å². The predicted octanol–water partition coefficient (Wildman–Crippen LogP) is 3.75. The van der Waals surface area contributed by atoms with E-state index in [4.69, 9.17) is 18.9 Å². The van der Waals surface area contributed by atoms with Gasteiger partial charge in [0, 0.05) is 38.9 Å². The summed E-state index contributed by atoms with van der Waals surface area (Å²) >= 11 is 0. The lowest BCUT2D eigenvalue weighted by molar-refractivity contribution is -0.351. The van der Waals surface area contributed by atoms with E-state index in [1.54, 1.807) is 14.2 Å². The number of likely N-dealkylation sites (N-methyl/N-ethyl adjacent to an activating group) is 1. The summed E-state index contributed by atoms with van der Waals surface area (Å²) in [7, 11) is 5.36. The number of nitrogens with zero attached hydrogens (tertiary/aromatic N) is 2. The number of ether oxygens (including phenoxy) is 4. The standard InChI is InChI=1S/C33H40N2O5/c1-34(17-13-21-7-5-4-6-8-21)29(36)28-32(38-3)14-15-33(40-28)25-19-23-11-12-24(37-2)27-26(23)31(33,30(32)39-27)16-18-35(25)20-22-9-10-22/h4-8,11-12,22,25,28,30H,9-10,13-20H2,1-3H3/t25?,28-,30?,31?,32?,33?/m1/s1. The van der Waals surface area contributed by atoms with Crippen LogP contribution in [0.2, 0.25) is 0 Å². The third kappa shape index (κ3) is 3.09. The van der Waals surface area contributed by atoms with Crippen molar-refractivity contribution in [1.29, 1.82) is 0 Å². The Morgan fingerprint density at radius 3 is 2.67 bits per heavy atom. The Kier molecular flexibility index (Phi) is 5.46. The van der Waals surface area contributed by atoms with Crippen LogP contribution >= 0.6 is 0 Å². The molecular weight excluding hydrogens is 504 g/mol. The lowest BCUT2D eigenvalue weighted by Crippen LogP contribution is -2.87. The van der Waals surface area contributed by atoms with Crippen molar-refractivity contribution in [3.05, 3.63) is 59.2 Å². The molecule has 4 aliphatic heterocycles. The molecule has 7 nitrogen and oxygen atoms in total. The number of hydrogen-bond acceptors (Lipinski definition) is 6. The molecule has 2 aromatic rings. The van der Waals surface area contributed by atoms with Gasteiger partial charge in [-0.3, -0.25) is 9.69 Å². The van der Waals surface area contributed by atoms with Crippen molar-refractivity contribution in [2.45, 2.75) is 79.8 Å². The minimum absolute atomic E-state index is 0.00385. The molecule has 1 amide bonds. The molecule has 5 fully saturated rings. The second-order valence-electron chi connectivity index (χ2n) is 13.1. The highest BCUT2D eigenvalue weighted by molar-refractivity contribution is 5.84. The number of carbonyl (C=O) groups excluding carboxylic acids is 1. The molecule has 5 unspecified atom stereocenters. The van der Waals surface area contributed by atoms with Gasteiger partial charge >= 0.3 is 0 Å². The summed E-state index contributed by atoms with van der Waals surface area (Å²) in [4.78, 5) is 18.9. The SMILES string of the molecule is COc1ccc2c3c1OC1C4(OC)CCC5(O[C@@H]4C(=O)N(C)CCc4ccccc4)C(C2)N(CC2CC2)CCC315. The van der Waals surface area contributed by atoms with Crippen LogP contribution in [0.15, 0.2) is 42.5 Å². The van der Waals surface area contributed by atoms with Gasteiger partial charge in [-0.15, -0.1) is 0 Å². The molecule has 7 aliphatic rings. The van der Waals surface area contributed by atoms with Gasteiger partial charge in [-0.25, -0.2) is 0 Å². The van der Waals surface area contributed by atoms with Gasteiger partial charge in [-0.05, 0) is 74.6 Å². The largest absolute Gasteiger partial charge is 0.493 e. The second kappa shape index (κ2) is 8.70. The van der Waals surface area contributed by atoms with E-state index in [-0.39, 0.29) is 23.5 Å². The van der Waals surface area contributed by atoms with E-state index in [2.05, 4.69) is 29.2 Å². The second-order valence-corrected chi connectivity index (χ2v) is 13.1. The van der Waals surface area contributed by atoms with Crippen LogP contribution < -0.4 is 9.47 Å². The zero-order valence-electron chi connectivity index (χ0n) is 23.9. The molecule has 2 aromatic carbocycles. The fourth-order valence-electron chi connectivity index (χ4n) is 9.28. The Labute approximate surface area is 236 Å². The number of carbonyl (C=O) groups is 1. The minimum Gasteiger partial charge on any atom is -0.493 e. The van der Waals surface area contributed by atoms with Crippen LogP contribution in [0.5, 0.6) is 11.5 Å². The van der Waals surface area contributed by atoms with E-state index >= 15 is 0 Å². The summed E-state index contributed by atoms with van der Waals surface area (Å²) in [6.45, 7) is 2.78. The zero-order chi connectivity index (χ0) is 27.3. The van der Waals surface area contributed by atoms with Crippen molar-refractivity contribution >= 4 is 5.91 Å². The number of methoxy groups -OCH3 is 2. The molecule has 7 heteroatoms. The average molecular weight is 545 g/mol. The summed E-state index contributed by atoms with van der Waals surface area (Å²) in [5.74, 6) is 2.41. The first-order valence-electron chi connectivity index (χ1n) is 15.1. The Morgan fingerprint density at radius 1 is 1.10 bits per heavy atom. The minimum atomic E-state index is -0.859. The summed E-state index contributed by atoms with van der Waals surface area (Å²) in [5, 5.41) is 0. The Hall–Kier alpha value is -2.61. The molecule has 2 saturated carbocycles. The Morgan fingerprint density at radius 2 is 1.93 bits per heavy atom. The van der Waals surface area contributed by atoms with Crippen molar-refractivity contribution in [3.63, 3.8) is 0 Å². The molecule has 4 heterocycles. The van der Waals surface area contributed by atoms with Gasteiger partial charge in [0.25, 0.3) is 5.91 Å². The summed E-state index contributed by atoms with van der Waals surface area (Å²) in [5.41, 5.74) is 2.14. The molecule has 2 spiro atoms. The predicted molar refractivity (Wildman–Crippen MR) is 150 cm³/mol. The highest BCUT2D eigenvalue weighted by Gasteiger charge is 2.83. The van der Waals surface area contributed by atoms with Crippen molar-refractivity contribution in [3.8, 4) is 11.5 Å². The molecule has 0 radical (unpaired) electrons. The van der Waals surface area contributed by atoms with Crippen LogP contribution in [-0.2, 0) is 32.5 Å². The van der Waals surface area contributed by atoms with Crippen molar-refractivity contribution < 1.29 is 23.7 Å². The van der Waals surface area contributed by atoms with Crippen molar-refractivity contribution in [1.82, 2.24) is 9.80 Å². The van der Waals surface area contributed by atoms with Gasteiger partial charge < -0.3 is 23.8 Å². The van der Waals surface area contributed by atoms with Crippen LogP contribution in [-0.4, -0.2) is 86.1 Å². The maximum Gasteiger partial charge on any atom is 0.254 e. The number of fused-ring (bicyclic) bond motifs is 2. The molecule has 0 N–H and O–H groups in total. The summed E-state index contributed by atoms with van der Waals surface area (Å²) < 4.78 is 26.7. The highest BCUT2D eigenvalue weighted by atomic mass is 16.6. The van der Waals surface area contributed by atoms with Crippen LogP contribution in [0.25, 0.3) is 0 Å². The van der Waals surface area contributed by atoms with E-state index in [9.17, 15) is 4.79 Å². The number of piperidine rings is 1. The molecule has 9 rings (SSSR count). The molecule has 4 bridgehead atoms. The number of rotatable bonds is 8. The average Bonchev–Trinajstić information content (AvgIpc) is 3.74. The van der Waals surface area contributed by atoms with Crippen molar-refractivity contribution in [2.75, 3.05) is 40.9 Å². The lowest BCUT2D eigenvalue weighted by atomic mass is 9.44. The third-order valence-electron chi connectivity index (χ3n) is 11.3. The van der Waals surface area contributed by atoms with E-state index in [0.29, 0.717) is 6.54 Å². The van der Waals surface area contributed by atoms with Crippen LogP contribution in [0.4, 0.5) is 0 Å². The van der Waals surface area contributed by atoms with Crippen LogP contribution in [0, 0.1) is 5.92 Å². The number of hydrogen-bond donors (Lipinski definition) is 0. The Balaban J connectivity index is 1.22. The smallest absolute Gasteiger partial charge is 0.254 e. The molecule has 6 atom stereocenters. The van der Waals surface area contributed by atoms with Gasteiger partial charge in [0.1, 0.15) is 11.7 Å². The quantitative estimate of drug-likeness (QED) is 0.505. The first kappa shape index (κ1) is 25.1. The van der Waals surface area contributed by atoms with Crippen LogP contribution in [0.1, 0.15) is 48.8 Å². The molecular formula is C33H40N2O5. The third-order valence-corrected chi connectivity index (χ3v) is 11.3. The normalized spacial score (nSPS) is 36.6. The van der Waals surface area contributed by atoms with Crippen molar-refractivity contribution in [2.24, 2.45) is 5.92 Å². The number of likely N-dealkylation sites (tertiary alicyclic amines) is 1. The highest BCUT2D eigenvalue weighted by Crippen LogP contribution is 2.72. The van der Waals surface area contributed by atoms with Gasteiger partial charge in [-0.2, -0.15) is 0 Å². The first-order chi connectivity index (χ1) is 19.5.